The van der Waals surface area contributed by atoms with Crippen molar-refractivity contribution in [2.45, 2.75) is 27.7 Å². The van der Waals surface area contributed by atoms with Gasteiger partial charge in [-0.25, -0.2) is 9.59 Å². The molecule has 3 aromatic rings. The Kier molecular flexibility index (Phi) is 5.59. The number of benzene rings is 3. The van der Waals surface area contributed by atoms with Crippen molar-refractivity contribution in [3.63, 3.8) is 0 Å². The van der Waals surface area contributed by atoms with E-state index in [9.17, 15) is 9.59 Å². The lowest BCUT2D eigenvalue weighted by molar-refractivity contribution is 0.0732. The van der Waals surface area contributed by atoms with Gasteiger partial charge in [0.15, 0.2) is 0 Å². The third-order valence-corrected chi connectivity index (χ3v) is 4.88. The van der Waals surface area contributed by atoms with Crippen LogP contribution in [0, 0.1) is 27.7 Å². The lowest BCUT2D eigenvalue weighted by Gasteiger charge is -2.11. The van der Waals surface area contributed by atoms with E-state index in [1.165, 1.54) is 6.07 Å². The van der Waals surface area contributed by atoms with Crippen LogP contribution in [0.15, 0.2) is 60.7 Å². The van der Waals surface area contributed by atoms with Gasteiger partial charge in [0.1, 0.15) is 11.5 Å². The molecule has 0 saturated carbocycles. The number of hydrogen-bond donors (Lipinski definition) is 0. The molecule has 0 saturated heterocycles. The van der Waals surface area contributed by atoms with Gasteiger partial charge in [-0.2, -0.15) is 0 Å². The number of aryl methyl sites for hydroxylation is 2. The Labute approximate surface area is 164 Å². The van der Waals surface area contributed by atoms with E-state index in [0.29, 0.717) is 22.6 Å². The normalized spacial score (nSPS) is 10.4. The van der Waals surface area contributed by atoms with Crippen molar-refractivity contribution in [1.82, 2.24) is 0 Å². The first-order valence-electron chi connectivity index (χ1n) is 9.03. The minimum atomic E-state index is -0.445. The summed E-state index contributed by atoms with van der Waals surface area (Å²) >= 11 is 0. The second-order valence-electron chi connectivity index (χ2n) is 6.75. The summed E-state index contributed by atoms with van der Waals surface area (Å²) in [6, 6.07) is 17.5. The van der Waals surface area contributed by atoms with Crippen molar-refractivity contribution < 1.29 is 19.1 Å². The van der Waals surface area contributed by atoms with Crippen LogP contribution in [0.1, 0.15) is 43.0 Å². The van der Waals surface area contributed by atoms with Gasteiger partial charge in [0.05, 0.1) is 11.1 Å². The van der Waals surface area contributed by atoms with Crippen molar-refractivity contribution in [2.24, 2.45) is 0 Å². The molecule has 0 aliphatic rings. The van der Waals surface area contributed by atoms with Crippen LogP contribution in [-0.4, -0.2) is 11.9 Å². The van der Waals surface area contributed by atoms with E-state index in [2.05, 4.69) is 0 Å². The minimum Gasteiger partial charge on any atom is -0.423 e. The fourth-order valence-electron chi connectivity index (χ4n) is 2.87. The van der Waals surface area contributed by atoms with Crippen molar-refractivity contribution in [3.8, 4) is 11.5 Å². The maximum absolute atomic E-state index is 12.5. The Bertz CT molecular complexity index is 969. The molecular formula is C24H22O4. The van der Waals surface area contributed by atoms with Gasteiger partial charge in [0, 0.05) is 6.07 Å². The van der Waals surface area contributed by atoms with Crippen LogP contribution < -0.4 is 9.47 Å². The summed E-state index contributed by atoms with van der Waals surface area (Å²) in [5.41, 5.74) is 4.82. The first-order chi connectivity index (χ1) is 13.4. The molecule has 0 atom stereocenters. The molecule has 0 spiro atoms. The van der Waals surface area contributed by atoms with E-state index in [-0.39, 0.29) is 0 Å². The summed E-state index contributed by atoms with van der Waals surface area (Å²) in [4.78, 5) is 25.0. The first kappa shape index (κ1) is 19.4. The highest BCUT2D eigenvalue weighted by Crippen LogP contribution is 2.23. The summed E-state index contributed by atoms with van der Waals surface area (Å²) in [7, 11) is 0. The summed E-state index contributed by atoms with van der Waals surface area (Å²) in [6.45, 7) is 7.65. The molecule has 4 heteroatoms. The monoisotopic (exact) mass is 374 g/mol. The summed E-state index contributed by atoms with van der Waals surface area (Å²) in [5.74, 6) is -0.257. The van der Waals surface area contributed by atoms with Crippen LogP contribution in [0.25, 0.3) is 0 Å². The first-order valence-corrected chi connectivity index (χ1v) is 9.03. The third-order valence-electron chi connectivity index (χ3n) is 4.88. The molecule has 0 aromatic heterocycles. The molecule has 0 amide bonds. The van der Waals surface area contributed by atoms with Crippen LogP contribution in [-0.2, 0) is 0 Å². The van der Waals surface area contributed by atoms with Crippen LogP contribution in [0.4, 0.5) is 0 Å². The van der Waals surface area contributed by atoms with Gasteiger partial charge in [-0.15, -0.1) is 0 Å². The number of rotatable bonds is 4. The number of esters is 2. The van der Waals surface area contributed by atoms with E-state index in [4.69, 9.17) is 9.47 Å². The average molecular weight is 374 g/mol. The molecular weight excluding hydrogens is 352 g/mol. The van der Waals surface area contributed by atoms with Gasteiger partial charge in [0.2, 0.25) is 0 Å². The molecule has 0 bridgehead atoms. The molecule has 0 unspecified atom stereocenters. The van der Waals surface area contributed by atoms with Gasteiger partial charge in [-0.1, -0.05) is 30.3 Å². The van der Waals surface area contributed by atoms with Crippen molar-refractivity contribution in [2.75, 3.05) is 0 Å². The number of ether oxygens (including phenoxy) is 2. The Hall–Kier alpha value is -3.40. The number of carbonyl (C=O) groups excluding carboxylic acids is 2. The second kappa shape index (κ2) is 8.09. The highest BCUT2D eigenvalue weighted by molar-refractivity contribution is 5.94. The average Bonchev–Trinajstić information content (AvgIpc) is 2.66. The van der Waals surface area contributed by atoms with Crippen LogP contribution in [0.5, 0.6) is 11.5 Å². The molecule has 142 valence electrons. The third kappa shape index (κ3) is 4.12. The molecule has 0 heterocycles. The molecule has 0 N–H and O–H groups in total. The zero-order chi connectivity index (χ0) is 20.3. The predicted octanol–water partition coefficient (Wildman–Crippen LogP) is 5.36. The number of carbonyl (C=O) groups is 2. The zero-order valence-electron chi connectivity index (χ0n) is 16.4. The van der Waals surface area contributed by atoms with Crippen molar-refractivity contribution in [3.05, 3.63) is 94.0 Å². The quantitative estimate of drug-likeness (QED) is 0.456. The van der Waals surface area contributed by atoms with Crippen molar-refractivity contribution >= 4 is 11.9 Å². The highest BCUT2D eigenvalue weighted by atomic mass is 16.5. The molecule has 3 aromatic carbocycles. The lowest BCUT2D eigenvalue weighted by atomic mass is 10.0. The summed E-state index contributed by atoms with van der Waals surface area (Å²) < 4.78 is 11.0. The molecule has 0 fully saturated rings. The van der Waals surface area contributed by atoms with Crippen LogP contribution in [0.2, 0.25) is 0 Å². The summed E-state index contributed by atoms with van der Waals surface area (Å²) in [6.07, 6.45) is 0. The standard InChI is InChI=1S/C24H22O4/c1-15-8-5-12-21(17(15)3)23(25)27-19-10-7-11-20(14-19)28-24(26)22-13-6-9-16(2)18(22)4/h5-14H,1-4H3. The maximum Gasteiger partial charge on any atom is 0.343 e. The lowest BCUT2D eigenvalue weighted by Crippen LogP contribution is -2.12. The van der Waals surface area contributed by atoms with E-state index < -0.39 is 11.9 Å². The topological polar surface area (TPSA) is 52.6 Å². The fraction of sp³-hybridized carbons (Fsp3) is 0.167. The van der Waals surface area contributed by atoms with E-state index in [0.717, 1.165) is 22.3 Å². The number of hydrogen-bond acceptors (Lipinski definition) is 4. The van der Waals surface area contributed by atoms with Gasteiger partial charge in [-0.05, 0) is 74.2 Å². The van der Waals surface area contributed by atoms with Crippen LogP contribution in [0.3, 0.4) is 0 Å². The minimum absolute atomic E-state index is 0.317. The smallest absolute Gasteiger partial charge is 0.343 e. The van der Waals surface area contributed by atoms with Crippen LogP contribution >= 0.6 is 0 Å². The van der Waals surface area contributed by atoms with Gasteiger partial charge >= 0.3 is 11.9 Å². The Balaban J connectivity index is 1.77. The largest absolute Gasteiger partial charge is 0.423 e. The van der Waals surface area contributed by atoms with E-state index in [1.807, 2.05) is 52.0 Å². The SMILES string of the molecule is Cc1cccc(C(=O)Oc2cccc(OC(=O)c3cccc(C)c3C)c2)c1C. The highest BCUT2D eigenvalue weighted by Gasteiger charge is 2.15. The van der Waals surface area contributed by atoms with E-state index in [1.54, 1.807) is 30.3 Å². The van der Waals surface area contributed by atoms with Crippen molar-refractivity contribution in [1.29, 1.82) is 0 Å². The van der Waals surface area contributed by atoms with E-state index >= 15 is 0 Å². The Morgan fingerprint density at radius 2 is 1.00 bits per heavy atom. The zero-order valence-corrected chi connectivity index (χ0v) is 16.4. The molecule has 0 aliphatic carbocycles. The Morgan fingerprint density at radius 3 is 1.43 bits per heavy atom. The molecule has 0 radical (unpaired) electrons. The second-order valence-corrected chi connectivity index (χ2v) is 6.75. The van der Waals surface area contributed by atoms with Gasteiger partial charge in [-0.3, -0.25) is 0 Å². The molecule has 4 nitrogen and oxygen atoms in total. The van der Waals surface area contributed by atoms with Gasteiger partial charge < -0.3 is 9.47 Å². The fourth-order valence-corrected chi connectivity index (χ4v) is 2.87. The molecule has 28 heavy (non-hydrogen) atoms. The molecule has 0 aliphatic heterocycles. The van der Waals surface area contributed by atoms with Gasteiger partial charge in [0.25, 0.3) is 0 Å². The Morgan fingerprint density at radius 1 is 0.607 bits per heavy atom. The predicted molar refractivity (Wildman–Crippen MR) is 108 cm³/mol. The summed E-state index contributed by atoms with van der Waals surface area (Å²) in [5, 5.41) is 0. The molecule has 3 rings (SSSR count). The maximum atomic E-state index is 12.5.